The molecule has 1 fully saturated rings. The number of amides is 3. The number of urea groups is 1. The Morgan fingerprint density at radius 3 is 2.55 bits per heavy atom. The smallest absolute Gasteiger partial charge is 0.330 e. The summed E-state index contributed by atoms with van der Waals surface area (Å²) in [6.07, 6.45) is 1.71. The molecule has 2 N–H and O–H groups in total. The number of fused-ring (bicyclic) bond motifs is 1. The Morgan fingerprint density at radius 1 is 1.07 bits per heavy atom. The number of carbonyl (C=O) groups is 2. The maximum Gasteiger partial charge on any atom is 0.330 e. The standard InChI is InChI=1S/C29H35FN8O2/c1-5-36-10-12-37(13-11-36)24-9-7-20(14-21(24)16-30)27(39)33-23-8-6-19(2)25(15-23)38-18-22-17-32-28(31-3)34-26(22)35(4)29(38)40/h6-9,14-15,17H,5,10-13,16,18H2,1-4H3,(H,33,39)(H,31,32,34). The summed E-state index contributed by atoms with van der Waals surface area (Å²) in [6.45, 7) is 8.24. The van der Waals surface area contributed by atoms with Crippen molar-refractivity contribution >= 4 is 40.8 Å². The number of hydrogen-bond donors (Lipinski definition) is 2. The third-order valence-electron chi connectivity index (χ3n) is 7.63. The molecule has 0 unspecified atom stereocenters. The van der Waals surface area contributed by atoms with Gasteiger partial charge >= 0.3 is 6.03 Å². The number of benzene rings is 2. The van der Waals surface area contributed by atoms with Crippen LogP contribution in [0.15, 0.2) is 42.6 Å². The van der Waals surface area contributed by atoms with Gasteiger partial charge in [-0.2, -0.15) is 4.98 Å². The van der Waals surface area contributed by atoms with Crippen LogP contribution in [0.2, 0.25) is 0 Å². The van der Waals surface area contributed by atoms with Crippen LogP contribution in [0.5, 0.6) is 0 Å². The van der Waals surface area contributed by atoms with E-state index in [-0.39, 0.29) is 11.9 Å². The van der Waals surface area contributed by atoms with Crippen molar-refractivity contribution in [3.63, 3.8) is 0 Å². The van der Waals surface area contributed by atoms with Gasteiger partial charge in [-0.3, -0.25) is 14.6 Å². The second-order valence-electron chi connectivity index (χ2n) is 10.1. The normalized spacial score (nSPS) is 15.7. The van der Waals surface area contributed by atoms with Gasteiger partial charge in [0.05, 0.1) is 12.2 Å². The zero-order chi connectivity index (χ0) is 28.4. The molecule has 10 nitrogen and oxygen atoms in total. The Bertz CT molecular complexity index is 1420. The van der Waals surface area contributed by atoms with E-state index in [0.717, 1.165) is 49.5 Å². The number of nitrogens with zero attached hydrogens (tertiary/aromatic N) is 6. The van der Waals surface area contributed by atoms with Gasteiger partial charge in [0.25, 0.3) is 5.91 Å². The minimum absolute atomic E-state index is 0.234. The van der Waals surface area contributed by atoms with Gasteiger partial charge in [-0.15, -0.1) is 0 Å². The summed E-state index contributed by atoms with van der Waals surface area (Å²) in [4.78, 5) is 42.9. The van der Waals surface area contributed by atoms with Gasteiger partial charge in [-0.25, -0.2) is 14.2 Å². The fourth-order valence-corrected chi connectivity index (χ4v) is 5.25. The Balaban J connectivity index is 1.35. The summed E-state index contributed by atoms with van der Waals surface area (Å²) in [5.74, 6) is 0.658. The van der Waals surface area contributed by atoms with Gasteiger partial charge in [-0.1, -0.05) is 13.0 Å². The Kier molecular flexibility index (Phi) is 7.83. The molecule has 0 bridgehead atoms. The Hall–Kier alpha value is -4.25. The number of hydrogen-bond acceptors (Lipinski definition) is 7. The molecule has 0 saturated carbocycles. The highest BCUT2D eigenvalue weighted by Crippen LogP contribution is 2.33. The number of rotatable bonds is 7. The van der Waals surface area contributed by atoms with Crippen molar-refractivity contribution in [2.24, 2.45) is 0 Å². The maximum absolute atomic E-state index is 14.1. The van der Waals surface area contributed by atoms with Crippen LogP contribution in [0.25, 0.3) is 0 Å². The Morgan fingerprint density at radius 2 is 1.85 bits per heavy atom. The van der Waals surface area contributed by atoms with Gasteiger partial charge in [0, 0.05) is 74.5 Å². The molecule has 2 aliphatic heterocycles. The summed E-state index contributed by atoms with van der Waals surface area (Å²) < 4.78 is 14.1. The number of piperazine rings is 1. The molecular formula is C29H35FN8O2. The van der Waals surface area contributed by atoms with Crippen LogP contribution in [0.4, 0.5) is 38.0 Å². The molecule has 0 radical (unpaired) electrons. The number of halogens is 1. The molecule has 11 heteroatoms. The molecular weight excluding hydrogens is 511 g/mol. The van der Waals surface area contributed by atoms with Crippen LogP contribution in [-0.4, -0.2) is 73.6 Å². The van der Waals surface area contributed by atoms with Gasteiger partial charge < -0.3 is 20.4 Å². The second kappa shape index (κ2) is 11.5. The van der Waals surface area contributed by atoms with E-state index in [2.05, 4.69) is 37.3 Å². The minimum Gasteiger partial charge on any atom is -0.369 e. The number of alkyl halides is 1. The third-order valence-corrected chi connectivity index (χ3v) is 7.63. The highest BCUT2D eigenvalue weighted by molar-refractivity contribution is 6.07. The van der Waals surface area contributed by atoms with E-state index in [4.69, 9.17) is 0 Å². The van der Waals surface area contributed by atoms with Crippen molar-refractivity contribution in [1.29, 1.82) is 0 Å². The monoisotopic (exact) mass is 546 g/mol. The lowest BCUT2D eigenvalue weighted by Gasteiger charge is -2.36. The molecule has 0 aliphatic carbocycles. The number of likely N-dealkylation sites (N-methyl/N-ethyl adjacent to an activating group) is 1. The Labute approximate surface area is 233 Å². The highest BCUT2D eigenvalue weighted by atomic mass is 19.1. The van der Waals surface area contributed by atoms with Crippen molar-refractivity contribution in [1.82, 2.24) is 14.9 Å². The fourth-order valence-electron chi connectivity index (χ4n) is 5.25. The first-order chi connectivity index (χ1) is 19.3. The van der Waals surface area contributed by atoms with Gasteiger partial charge in [-0.05, 0) is 49.4 Å². The molecule has 210 valence electrons. The second-order valence-corrected chi connectivity index (χ2v) is 10.1. The lowest BCUT2D eigenvalue weighted by Crippen LogP contribution is -2.46. The number of aromatic nitrogens is 2. The topological polar surface area (TPSA) is 96.9 Å². The molecule has 2 aliphatic rings. The number of aryl methyl sites for hydroxylation is 1. The van der Waals surface area contributed by atoms with Gasteiger partial charge in [0.15, 0.2) is 0 Å². The van der Waals surface area contributed by atoms with E-state index in [1.807, 2.05) is 19.1 Å². The van der Waals surface area contributed by atoms with E-state index < -0.39 is 6.67 Å². The highest BCUT2D eigenvalue weighted by Gasteiger charge is 2.31. The molecule has 1 aromatic heterocycles. The average molecular weight is 547 g/mol. The van der Waals surface area contributed by atoms with Crippen molar-refractivity contribution < 1.29 is 14.0 Å². The van der Waals surface area contributed by atoms with Crippen molar-refractivity contribution in [3.8, 4) is 0 Å². The quantitative estimate of drug-likeness (QED) is 0.457. The maximum atomic E-state index is 14.1. The van der Waals surface area contributed by atoms with Crippen molar-refractivity contribution in [2.75, 3.05) is 72.2 Å². The first-order valence-corrected chi connectivity index (χ1v) is 13.5. The summed E-state index contributed by atoms with van der Waals surface area (Å²) in [5.41, 5.74) is 4.62. The molecule has 40 heavy (non-hydrogen) atoms. The van der Waals surface area contributed by atoms with Crippen molar-refractivity contribution in [2.45, 2.75) is 27.1 Å². The van der Waals surface area contributed by atoms with E-state index >= 15 is 0 Å². The largest absolute Gasteiger partial charge is 0.369 e. The molecule has 0 atom stereocenters. The lowest BCUT2D eigenvalue weighted by molar-refractivity contribution is 0.102. The fraction of sp³-hybridized carbons (Fsp3) is 0.379. The SMILES string of the molecule is CCN1CCN(c2ccc(C(=O)Nc3ccc(C)c(N4Cc5cnc(NC)nc5N(C)C4=O)c3)cc2CF)CC1. The van der Waals surface area contributed by atoms with Crippen LogP contribution in [-0.2, 0) is 13.2 Å². The molecule has 5 rings (SSSR count). The third kappa shape index (κ3) is 5.29. The zero-order valence-electron chi connectivity index (χ0n) is 23.4. The number of anilines is 5. The van der Waals surface area contributed by atoms with Crippen LogP contribution in [0, 0.1) is 6.92 Å². The molecule has 0 spiro atoms. The van der Waals surface area contributed by atoms with E-state index in [0.29, 0.717) is 40.8 Å². The summed E-state index contributed by atoms with van der Waals surface area (Å²) in [7, 11) is 3.40. The van der Waals surface area contributed by atoms with Crippen LogP contribution in [0.1, 0.15) is 34.0 Å². The minimum atomic E-state index is -0.648. The first-order valence-electron chi connectivity index (χ1n) is 13.5. The molecule has 3 aromatic rings. The van der Waals surface area contributed by atoms with Crippen LogP contribution < -0.4 is 25.3 Å². The molecule has 3 amide bonds. The first kappa shape index (κ1) is 27.3. The van der Waals surface area contributed by atoms with Gasteiger partial charge in [0.1, 0.15) is 12.5 Å². The lowest BCUT2D eigenvalue weighted by atomic mass is 10.1. The zero-order valence-corrected chi connectivity index (χ0v) is 23.4. The van der Waals surface area contributed by atoms with Crippen LogP contribution >= 0.6 is 0 Å². The molecule has 3 heterocycles. The van der Waals surface area contributed by atoms with E-state index in [9.17, 15) is 14.0 Å². The van der Waals surface area contributed by atoms with E-state index in [1.54, 1.807) is 49.5 Å². The number of carbonyl (C=O) groups excluding carboxylic acids is 2. The van der Waals surface area contributed by atoms with Gasteiger partial charge in [0.2, 0.25) is 5.95 Å². The summed E-state index contributed by atoms with van der Waals surface area (Å²) in [5, 5.41) is 5.82. The summed E-state index contributed by atoms with van der Waals surface area (Å²) in [6, 6.07) is 10.4. The average Bonchev–Trinajstić information content (AvgIpc) is 2.99. The molecule has 2 aromatic carbocycles. The predicted molar refractivity (Wildman–Crippen MR) is 156 cm³/mol. The molecule has 1 saturated heterocycles. The summed E-state index contributed by atoms with van der Waals surface area (Å²) >= 11 is 0. The predicted octanol–water partition coefficient (Wildman–Crippen LogP) is 4.27. The van der Waals surface area contributed by atoms with Crippen LogP contribution in [0.3, 0.4) is 0 Å². The number of nitrogens with one attached hydrogen (secondary N) is 2. The van der Waals surface area contributed by atoms with Crippen molar-refractivity contribution in [3.05, 3.63) is 64.8 Å². The van der Waals surface area contributed by atoms with E-state index in [1.165, 1.54) is 4.90 Å².